The van der Waals surface area contributed by atoms with Crippen molar-refractivity contribution in [1.29, 1.82) is 0 Å². The zero-order chi connectivity index (χ0) is 27.7. The number of Topliss-reactive ketones (excluding diaryl/α,β-unsaturated/α-hetero) is 1. The van der Waals surface area contributed by atoms with E-state index in [0.717, 1.165) is 11.1 Å². The third kappa shape index (κ3) is 6.04. The molecule has 1 amide bonds. The molecule has 0 spiro atoms. The standard InChI is InChI=1S/C30H34ClNO6/c1-6-21-16-30(21,27(34)36-7-2)17-26(33)25-14-20-13-24(37-23-10-8-9-22(31)15-23)12-11-19(20)18-32(25)28(35)38-29(3,4)5/h6,8-13,15,21,25H,1,7,14,16-18H2,2-5H3/t21?,25?,30-/m1/s1. The van der Waals surface area contributed by atoms with Crippen LogP contribution >= 0.6 is 11.6 Å². The smallest absolute Gasteiger partial charge is 0.411 e. The zero-order valence-electron chi connectivity index (χ0n) is 22.3. The van der Waals surface area contributed by atoms with Gasteiger partial charge < -0.3 is 14.2 Å². The molecule has 1 saturated carbocycles. The maximum atomic E-state index is 13.8. The Morgan fingerprint density at radius 1 is 1.13 bits per heavy atom. The minimum absolute atomic E-state index is 0.0273. The van der Waals surface area contributed by atoms with Crippen molar-refractivity contribution in [3.63, 3.8) is 0 Å². The van der Waals surface area contributed by atoms with Crippen LogP contribution in [-0.4, -0.2) is 41.0 Å². The number of carbonyl (C=O) groups excluding carboxylic acids is 3. The number of nitrogens with zero attached hydrogens (tertiary/aromatic N) is 1. The number of fused-ring (bicyclic) bond motifs is 1. The van der Waals surface area contributed by atoms with E-state index < -0.39 is 29.1 Å². The average Bonchev–Trinajstić information content (AvgIpc) is 3.56. The first-order chi connectivity index (χ1) is 18.0. The molecule has 1 aliphatic heterocycles. The van der Waals surface area contributed by atoms with Gasteiger partial charge >= 0.3 is 12.1 Å². The Bertz CT molecular complexity index is 1250. The van der Waals surface area contributed by atoms with Crippen LogP contribution in [0.2, 0.25) is 5.02 Å². The van der Waals surface area contributed by atoms with Crippen LogP contribution in [0.25, 0.3) is 0 Å². The van der Waals surface area contributed by atoms with Crippen molar-refractivity contribution in [1.82, 2.24) is 4.90 Å². The lowest BCUT2D eigenvalue weighted by atomic mass is 9.86. The zero-order valence-corrected chi connectivity index (χ0v) is 23.0. The fourth-order valence-corrected chi connectivity index (χ4v) is 5.13. The molecular weight excluding hydrogens is 506 g/mol. The first-order valence-electron chi connectivity index (χ1n) is 12.8. The monoisotopic (exact) mass is 539 g/mol. The number of hydrogen-bond donors (Lipinski definition) is 0. The van der Waals surface area contributed by atoms with Crippen LogP contribution < -0.4 is 4.74 Å². The van der Waals surface area contributed by atoms with Gasteiger partial charge in [0.1, 0.15) is 17.1 Å². The van der Waals surface area contributed by atoms with Gasteiger partial charge in [-0.2, -0.15) is 0 Å². The van der Waals surface area contributed by atoms with Crippen LogP contribution in [-0.2, 0) is 32.0 Å². The van der Waals surface area contributed by atoms with E-state index in [4.69, 9.17) is 25.8 Å². The lowest BCUT2D eigenvalue weighted by Gasteiger charge is -2.37. The van der Waals surface area contributed by atoms with Crippen molar-refractivity contribution in [3.8, 4) is 11.5 Å². The highest BCUT2D eigenvalue weighted by molar-refractivity contribution is 6.30. The van der Waals surface area contributed by atoms with E-state index in [1.807, 2.05) is 24.3 Å². The molecule has 202 valence electrons. The third-order valence-corrected chi connectivity index (χ3v) is 7.16. The van der Waals surface area contributed by atoms with E-state index in [-0.39, 0.29) is 37.7 Å². The lowest BCUT2D eigenvalue weighted by molar-refractivity contribution is -0.152. The van der Waals surface area contributed by atoms with E-state index in [0.29, 0.717) is 22.9 Å². The van der Waals surface area contributed by atoms with Gasteiger partial charge in [-0.05, 0) is 81.5 Å². The van der Waals surface area contributed by atoms with Crippen molar-refractivity contribution < 1.29 is 28.6 Å². The van der Waals surface area contributed by atoms with Gasteiger partial charge in [0.05, 0.1) is 24.6 Å². The molecule has 0 N–H and O–H groups in total. The van der Waals surface area contributed by atoms with E-state index in [9.17, 15) is 14.4 Å². The molecule has 0 radical (unpaired) electrons. The molecule has 4 rings (SSSR count). The quantitative estimate of drug-likeness (QED) is 0.281. The van der Waals surface area contributed by atoms with Gasteiger partial charge in [-0.15, -0.1) is 6.58 Å². The number of benzene rings is 2. The van der Waals surface area contributed by atoms with Gasteiger partial charge in [-0.25, -0.2) is 4.79 Å². The number of hydrogen-bond acceptors (Lipinski definition) is 6. The lowest BCUT2D eigenvalue weighted by Crippen LogP contribution is -2.51. The van der Waals surface area contributed by atoms with Crippen LogP contribution in [0.15, 0.2) is 55.1 Å². The Balaban J connectivity index is 1.62. The molecule has 3 atom stereocenters. The summed E-state index contributed by atoms with van der Waals surface area (Å²) < 4.78 is 16.9. The highest BCUT2D eigenvalue weighted by Crippen LogP contribution is 2.57. The summed E-state index contributed by atoms with van der Waals surface area (Å²) in [6, 6.07) is 11.9. The van der Waals surface area contributed by atoms with Crippen LogP contribution in [0, 0.1) is 11.3 Å². The summed E-state index contributed by atoms with van der Waals surface area (Å²) >= 11 is 6.09. The maximum Gasteiger partial charge on any atom is 0.411 e. The van der Waals surface area contributed by atoms with Gasteiger partial charge in [0.25, 0.3) is 0 Å². The number of carbonyl (C=O) groups is 3. The van der Waals surface area contributed by atoms with Crippen LogP contribution in [0.5, 0.6) is 11.5 Å². The fraction of sp³-hybridized carbons (Fsp3) is 0.433. The largest absolute Gasteiger partial charge is 0.466 e. The van der Waals surface area contributed by atoms with Gasteiger partial charge in [0.15, 0.2) is 5.78 Å². The second kappa shape index (κ2) is 10.8. The van der Waals surface area contributed by atoms with Gasteiger partial charge in [-0.1, -0.05) is 29.8 Å². The van der Waals surface area contributed by atoms with Crippen LogP contribution in [0.1, 0.15) is 51.7 Å². The van der Waals surface area contributed by atoms with E-state index in [1.165, 1.54) is 4.90 Å². The van der Waals surface area contributed by atoms with Crippen LogP contribution in [0.4, 0.5) is 4.79 Å². The number of ketones is 1. The van der Waals surface area contributed by atoms with Gasteiger partial charge in [-0.3, -0.25) is 14.5 Å². The summed E-state index contributed by atoms with van der Waals surface area (Å²) in [5.41, 5.74) is 0.139. The number of esters is 1. The summed E-state index contributed by atoms with van der Waals surface area (Å²) in [5.74, 6) is 0.460. The first kappa shape index (κ1) is 27.7. The summed E-state index contributed by atoms with van der Waals surface area (Å²) in [6.07, 6.45) is 1.89. The topological polar surface area (TPSA) is 82.1 Å². The van der Waals surface area contributed by atoms with Crippen molar-refractivity contribution >= 4 is 29.4 Å². The number of halogens is 1. The molecule has 38 heavy (non-hydrogen) atoms. The molecule has 7 nitrogen and oxygen atoms in total. The van der Waals surface area contributed by atoms with E-state index in [1.54, 1.807) is 52.0 Å². The Kier molecular flexibility index (Phi) is 7.88. The number of ether oxygens (including phenoxy) is 3. The molecule has 8 heteroatoms. The molecule has 2 unspecified atom stereocenters. The number of amides is 1. The normalized spacial score (nSPS) is 22.2. The molecule has 2 aromatic carbocycles. The average molecular weight is 540 g/mol. The van der Waals surface area contributed by atoms with E-state index in [2.05, 4.69) is 6.58 Å². The van der Waals surface area contributed by atoms with Crippen molar-refractivity contribution in [3.05, 3.63) is 71.3 Å². The maximum absolute atomic E-state index is 13.8. The van der Waals surface area contributed by atoms with Crippen molar-refractivity contribution in [2.75, 3.05) is 6.61 Å². The molecule has 1 aliphatic carbocycles. The first-order valence-corrected chi connectivity index (χ1v) is 13.2. The Morgan fingerprint density at radius 2 is 1.87 bits per heavy atom. The SMILES string of the molecule is C=CC1C[C@]1(CC(=O)C1Cc2cc(Oc3cccc(Cl)c3)ccc2CN1C(=O)OC(C)(C)C)C(=O)OCC. The van der Waals surface area contributed by atoms with Crippen molar-refractivity contribution in [2.24, 2.45) is 11.3 Å². The molecule has 1 fully saturated rings. The minimum atomic E-state index is -0.924. The highest BCUT2D eigenvalue weighted by atomic mass is 35.5. The Hall–Kier alpha value is -3.32. The number of rotatable bonds is 8. The van der Waals surface area contributed by atoms with Crippen LogP contribution in [0.3, 0.4) is 0 Å². The second-order valence-electron chi connectivity index (χ2n) is 10.9. The molecule has 0 aromatic heterocycles. The fourth-order valence-electron chi connectivity index (χ4n) is 4.94. The molecule has 2 aromatic rings. The molecule has 0 bridgehead atoms. The Labute approximate surface area is 228 Å². The second-order valence-corrected chi connectivity index (χ2v) is 11.3. The van der Waals surface area contributed by atoms with Gasteiger partial charge in [0.2, 0.25) is 0 Å². The molecule has 1 heterocycles. The minimum Gasteiger partial charge on any atom is -0.466 e. The summed E-state index contributed by atoms with van der Waals surface area (Å²) in [6.45, 7) is 11.3. The van der Waals surface area contributed by atoms with Crippen molar-refractivity contribution in [2.45, 2.75) is 65.1 Å². The third-order valence-electron chi connectivity index (χ3n) is 6.93. The summed E-state index contributed by atoms with van der Waals surface area (Å²) in [7, 11) is 0. The summed E-state index contributed by atoms with van der Waals surface area (Å²) in [4.78, 5) is 41.3. The molecule has 2 aliphatic rings. The number of allylic oxidation sites excluding steroid dienone is 1. The highest BCUT2D eigenvalue weighted by Gasteiger charge is 2.61. The predicted molar refractivity (Wildman–Crippen MR) is 144 cm³/mol. The van der Waals surface area contributed by atoms with Gasteiger partial charge in [0, 0.05) is 17.9 Å². The molecular formula is C30H34ClNO6. The van der Waals surface area contributed by atoms with E-state index >= 15 is 0 Å². The Morgan fingerprint density at radius 3 is 2.50 bits per heavy atom. The molecule has 0 saturated heterocycles. The predicted octanol–water partition coefficient (Wildman–Crippen LogP) is 6.51. The summed E-state index contributed by atoms with van der Waals surface area (Å²) in [5, 5.41) is 0.563.